The highest BCUT2D eigenvalue weighted by atomic mass is 14.7. The van der Waals surface area contributed by atoms with Crippen LogP contribution in [-0.2, 0) is 0 Å². The van der Waals surface area contributed by atoms with Crippen LogP contribution in [0.3, 0.4) is 0 Å². The van der Waals surface area contributed by atoms with Gasteiger partial charge in [-0.3, -0.25) is 9.97 Å². The number of benzene rings is 4. The SMILES string of the molecule is c1ccc(-c2c3ccccc3c(-c3ccccn3)c3cnc4ccccc4c23)cc1. The second-order valence-corrected chi connectivity index (χ2v) is 7.44. The Hall–Kier alpha value is -4.04. The van der Waals surface area contributed by atoms with E-state index in [4.69, 9.17) is 9.97 Å². The maximum absolute atomic E-state index is 4.81. The topological polar surface area (TPSA) is 25.8 Å². The normalized spacial score (nSPS) is 11.3. The molecule has 0 fully saturated rings. The Kier molecular flexibility index (Phi) is 3.82. The zero-order chi connectivity index (χ0) is 19.9. The van der Waals surface area contributed by atoms with Gasteiger partial charge >= 0.3 is 0 Å². The van der Waals surface area contributed by atoms with E-state index < -0.39 is 0 Å². The second-order valence-electron chi connectivity index (χ2n) is 7.44. The summed E-state index contributed by atoms with van der Waals surface area (Å²) >= 11 is 0. The van der Waals surface area contributed by atoms with Crippen molar-refractivity contribution >= 4 is 32.4 Å². The van der Waals surface area contributed by atoms with Gasteiger partial charge in [-0.05, 0) is 40.1 Å². The van der Waals surface area contributed by atoms with Crippen LogP contribution < -0.4 is 0 Å². The third-order valence-corrected chi connectivity index (χ3v) is 5.74. The fourth-order valence-corrected chi connectivity index (χ4v) is 4.49. The molecule has 0 N–H and O–H groups in total. The van der Waals surface area contributed by atoms with Gasteiger partial charge in [0.15, 0.2) is 0 Å². The van der Waals surface area contributed by atoms with E-state index in [-0.39, 0.29) is 0 Å². The highest BCUT2D eigenvalue weighted by Gasteiger charge is 2.19. The van der Waals surface area contributed by atoms with E-state index in [1.807, 2.05) is 30.6 Å². The predicted molar refractivity (Wildman–Crippen MR) is 125 cm³/mol. The van der Waals surface area contributed by atoms with Gasteiger partial charge in [0.2, 0.25) is 0 Å². The first-order valence-electron chi connectivity index (χ1n) is 10.1. The fraction of sp³-hybridized carbons (Fsp3) is 0. The largest absolute Gasteiger partial charge is 0.256 e. The first-order valence-corrected chi connectivity index (χ1v) is 10.1. The zero-order valence-corrected chi connectivity index (χ0v) is 16.3. The van der Waals surface area contributed by atoms with Crippen LogP contribution in [0.25, 0.3) is 54.8 Å². The third kappa shape index (κ3) is 2.51. The molecule has 2 aromatic heterocycles. The Balaban J connectivity index is 1.93. The number of hydrogen-bond acceptors (Lipinski definition) is 2. The lowest BCUT2D eigenvalue weighted by Gasteiger charge is -2.18. The van der Waals surface area contributed by atoms with Gasteiger partial charge in [0.1, 0.15) is 0 Å². The summed E-state index contributed by atoms with van der Waals surface area (Å²) in [4.78, 5) is 9.51. The molecular weight excluding hydrogens is 364 g/mol. The Morgan fingerprint density at radius 3 is 1.90 bits per heavy atom. The number of rotatable bonds is 2. The minimum atomic E-state index is 0.968. The van der Waals surface area contributed by atoms with Crippen molar-refractivity contribution in [2.45, 2.75) is 0 Å². The highest BCUT2D eigenvalue weighted by Crippen LogP contribution is 2.44. The van der Waals surface area contributed by atoms with Crippen molar-refractivity contribution in [3.63, 3.8) is 0 Å². The first kappa shape index (κ1) is 16.9. The maximum Gasteiger partial charge on any atom is 0.0715 e. The van der Waals surface area contributed by atoms with E-state index in [0.717, 1.165) is 27.5 Å². The van der Waals surface area contributed by atoms with Crippen molar-refractivity contribution < 1.29 is 0 Å². The molecule has 0 bridgehead atoms. The van der Waals surface area contributed by atoms with Crippen LogP contribution in [0.1, 0.15) is 0 Å². The molecule has 30 heavy (non-hydrogen) atoms. The van der Waals surface area contributed by atoms with E-state index in [1.54, 1.807) is 0 Å². The zero-order valence-electron chi connectivity index (χ0n) is 16.3. The van der Waals surface area contributed by atoms with Crippen molar-refractivity contribution in [2.24, 2.45) is 0 Å². The van der Waals surface area contributed by atoms with E-state index in [0.29, 0.717) is 0 Å². The predicted octanol–water partition coefficient (Wildman–Crippen LogP) is 7.27. The monoisotopic (exact) mass is 382 g/mol. The molecule has 0 atom stereocenters. The summed E-state index contributed by atoms with van der Waals surface area (Å²) in [6.45, 7) is 0. The number of para-hydroxylation sites is 1. The van der Waals surface area contributed by atoms with Crippen molar-refractivity contribution in [3.05, 3.63) is 109 Å². The molecule has 4 aromatic carbocycles. The molecule has 0 radical (unpaired) electrons. The van der Waals surface area contributed by atoms with Crippen LogP contribution in [0.15, 0.2) is 109 Å². The van der Waals surface area contributed by atoms with Gasteiger partial charge in [0, 0.05) is 34.1 Å². The lowest BCUT2D eigenvalue weighted by atomic mass is 9.86. The van der Waals surface area contributed by atoms with E-state index in [1.165, 1.54) is 27.3 Å². The minimum absolute atomic E-state index is 0.968. The molecule has 0 unspecified atom stereocenters. The van der Waals surface area contributed by atoms with Gasteiger partial charge in [0.25, 0.3) is 0 Å². The summed E-state index contributed by atoms with van der Waals surface area (Å²) < 4.78 is 0. The minimum Gasteiger partial charge on any atom is -0.256 e. The smallest absolute Gasteiger partial charge is 0.0715 e. The van der Waals surface area contributed by atoms with Crippen LogP contribution in [0.2, 0.25) is 0 Å². The van der Waals surface area contributed by atoms with Crippen LogP contribution in [0.5, 0.6) is 0 Å². The molecule has 0 spiro atoms. The van der Waals surface area contributed by atoms with Gasteiger partial charge in [-0.1, -0.05) is 78.9 Å². The average molecular weight is 382 g/mol. The van der Waals surface area contributed by atoms with Crippen molar-refractivity contribution in [1.82, 2.24) is 9.97 Å². The summed E-state index contributed by atoms with van der Waals surface area (Å²) in [6, 6.07) is 33.8. The summed E-state index contributed by atoms with van der Waals surface area (Å²) in [6.07, 6.45) is 3.87. The number of fused-ring (bicyclic) bond motifs is 4. The Labute approximate surface area is 174 Å². The molecule has 6 rings (SSSR count). The summed E-state index contributed by atoms with van der Waals surface area (Å²) in [5.41, 5.74) is 5.57. The van der Waals surface area contributed by atoms with Crippen LogP contribution in [0, 0.1) is 0 Å². The summed E-state index contributed by atoms with van der Waals surface area (Å²) in [5, 5.41) is 5.95. The molecule has 140 valence electrons. The van der Waals surface area contributed by atoms with Gasteiger partial charge in [0.05, 0.1) is 11.2 Å². The molecule has 0 aliphatic heterocycles. The Morgan fingerprint density at radius 2 is 1.13 bits per heavy atom. The van der Waals surface area contributed by atoms with Crippen molar-refractivity contribution in [3.8, 4) is 22.4 Å². The molecule has 0 aliphatic rings. The lowest BCUT2D eigenvalue weighted by Crippen LogP contribution is -1.94. The average Bonchev–Trinajstić information content (AvgIpc) is 2.83. The molecule has 2 heterocycles. The molecule has 0 amide bonds. The molecule has 0 saturated carbocycles. The van der Waals surface area contributed by atoms with E-state index >= 15 is 0 Å². The number of aromatic nitrogens is 2. The summed E-state index contributed by atoms with van der Waals surface area (Å²) in [7, 11) is 0. The Bertz CT molecular complexity index is 1520. The van der Waals surface area contributed by atoms with Crippen molar-refractivity contribution in [1.29, 1.82) is 0 Å². The highest BCUT2D eigenvalue weighted by molar-refractivity contribution is 6.26. The molecule has 0 saturated heterocycles. The van der Waals surface area contributed by atoms with Gasteiger partial charge in [-0.15, -0.1) is 0 Å². The molecule has 0 aliphatic carbocycles. The summed E-state index contributed by atoms with van der Waals surface area (Å²) in [5.74, 6) is 0. The molecule has 6 aromatic rings. The molecule has 2 heteroatoms. The van der Waals surface area contributed by atoms with Crippen molar-refractivity contribution in [2.75, 3.05) is 0 Å². The van der Waals surface area contributed by atoms with Crippen LogP contribution in [-0.4, -0.2) is 9.97 Å². The maximum atomic E-state index is 4.81. The number of pyridine rings is 2. The van der Waals surface area contributed by atoms with Crippen LogP contribution >= 0.6 is 0 Å². The van der Waals surface area contributed by atoms with Gasteiger partial charge in [-0.25, -0.2) is 0 Å². The third-order valence-electron chi connectivity index (χ3n) is 5.74. The number of hydrogen-bond donors (Lipinski definition) is 0. The number of nitrogens with zero attached hydrogens (tertiary/aromatic N) is 2. The van der Waals surface area contributed by atoms with E-state index in [2.05, 4.69) is 78.9 Å². The van der Waals surface area contributed by atoms with Crippen LogP contribution in [0.4, 0.5) is 0 Å². The van der Waals surface area contributed by atoms with Gasteiger partial charge in [-0.2, -0.15) is 0 Å². The molecule has 2 nitrogen and oxygen atoms in total. The molecular formula is C28H18N2. The lowest BCUT2D eigenvalue weighted by molar-refractivity contribution is 1.34. The quantitative estimate of drug-likeness (QED) is 0.232. The Morgan fingerprint density at radius 1 is 0.467 bits per heavy atom. The fourth-order valence-electron chi connectivity index (χ4n) is 4.49. The second kappa shape index (κ2) is 6.78. The van der Waals surface area contributed by atoms with E-state index in [9.17, 15) is 0 Å². The van der Waals surface area contributed by atoms with Gasteiger partial charge < -0.3 is 0 Å². The standard InChI is InChI=1S/C28H18N2/c1-2-10-19(11-3-1)26-20-12-4-5-13-21(20)27(25-16-8-9-17-29-25)23-18-30-24-15-7-6-14-22(24)28(23)26/h1-18H. The first-order chi connectivity index (χ1) is 14.9.